The third kappa shape index (κ3) is 8.71. The average Bonchev–Trinajstić information content (AvgIpc) is 3.92. The Morgan fingerprint density at radius 1 is 0.686 bits per heavy atom. The topological polar surface area (TPSA) is 82.3 Å². The number of benzene rings is 3. The molecule has 4 aliphatic carbocycles. The van der Waals surface area contributed by atoms with Crippen molar-refractivity contribution in [1.29, 1.82) is 0 Å². The van der Waals surface area contributed by atoms with Crippen LogP contribution in [0, 0.1) is 0 Å². The van der Waals surface area contributed by atoms with Crippen molar-refractivity contribution in [3.05, 3.63) is 130 Å². The van der Waals surface area contributed by atoms with Gasteiger partial charge in [-0.25, -0.2) is 0 Å². The van der Waals surface area contributed by atoms with Crippen molar-refractivity contribution in [3.8, 4) is 33.8 Å². The second-order valence-electron chi connectivity index (χ2n) is 13.8. The van der Waals surface area contributed by atoms with Gasteiger partial charge in [-0.3, -0.25) is 9.97 Å². The summed E-state index contributed by atoms with van der Waals surface area (Å²) in [5.74, 6) is 1.92. The van der Waals surface area contributed by atoms with Crippen LogP contribution in [0.4, 0.5) is 0 Å². The van der Waals surface area contributed by atoms with Crippen LogP contribution in [0.1, 0.15) is 75.5 Å². The zero-order valence-electron chi connectivity index (χ0n) is 27.8. The van der Waals surface area contributed by atoms with Gasteiger partial charge in [-0.1, -0.05) is 67.0 Å². The Balaban J connectivity index is 0.000000179. The monoisotopic (exact) mass is 833 g/mol. The first kappa shape index (κ1) is 37.5. The summed E-state index contributed by atoms with van der Waals surface area (Å²) in [6.07, 6.45) is 17.2. The Hall–Kier alpha value is -3.21. The molecule has 51 heavy (non-hydrogen) atoms. The van der Waals surface area contributed by atoms with E-state index in [0.717, 1.165) is 82.9 Å². The Kier molecular flexibility index (Phi) is 11.6. The molecule has 0 unspecified atom stereocenters. The maximum atomic E-state index is 6.39. The highest BCUT2D eigenvalue weighted by molar-refractivity contribution is 6.33. The zero-order chi connectivity index (χ0) is 33.4. The number of nitrogens with zero attached hydrogens (tertiary/aromatic N) is 2. The lowest BCUT2D eigenvalue weighted by Gasteiger charge is -2.22. The number of pyridine rings is 2. The molecule has 2 aromatic heterocycles. The lowest BCUT2D eigenvalue weighted by Crippen LogP contribution is -3.00. The van der Waals surface area contributed by atoms with Gasteiger partial charge in [0.25, 0.3) is 0 Å². The molecular weight excluding hydrogens is 790 g/mol. The molecule has 4 saturated carbocycles. The third-order valence-corrected chi connectivity index (χ3v) is 10.5. The molecule has 6 nitrogen and oxygen atoms in total. The van der Waals surface area contributed by atoms with E-state index < -0.39 is 0 Å². The standard InChI is InChI=1S/C24H22Cl2N2O.C17H18N2O.CH4.HI/c25-17-5-8-22(26)16(13-17)14-28-24(10-11-24)21-15-27-12-9-19(21)20-3-1-2-4-23(20)29-18-6-7-18;18-17(8-9-17)15-11-19-10-7-13(15)14-3-1-2-4-16(14)20-12-5-6-12;;/h1-5,8-9,12-13,15,18,28H,6-7,10-11,14H2;1-4,7,10-12H,5-6,8-9,18H2;1H4;1H/p-1. The van der Waals surface area contributed by atoms with E-state index in [1.54, 1.807) is 0 Å². The largest absolute Gasteiger partial charge is 1.00 e. The number of halogens is 3. The van der Waals surface area contributed by atoms with Gasteiger partial charge in [0.15, 0.2) is 0 Å². The van der Waals surface area contributed by atoms with Crippen molar-refractivity contribution in [3.63, 3.8) is 0 Å². The molecule has 3 N–H and O–H groups in total. The SMILES string of the molecule is C.Clc1ccc(Cl)c(CNC2(c3cnccc3-c3ccccc3OC3CC3)CC2)c1.NC1(c2cnccc2-c2ccccc2OC2CC2)CC1.[I-]. The summed E-state index contributed by atoms with van der Waals surface area (Å²) in [4.78, 5) is 8.70. The summed E-state index contributed by atoms with van der Waals surface area (Å²) in [5.41, 5.74) is 14.1. The fourth-order valence-electron chi connectivity index (χ4n) is 6.37. The molecule has 9 rings (SSSR count). The lowest BCUT2D eigenvalue weighted by molar-refractivity contribution is -0.0000117. The molecule has 0 aliphatic heterocycles. The molecule has 0 spiro atoms. The predicted molar refractivity (Wildman–Crippen MR) is 203 cm³/mol. The molecule has 3 aromatic carbocycles. The molecule has 0 saturated heterocycles. The third-order valence-electron chi connectivity index (χ3n) is 9.85. The number of rotatable bonds is 11. The number of ether oxygens (including phenoxy) is 2. The van der Waals surface area contributed by atoms with E-state index in [1.165, 1.54) is 24.0 Å². The molecule has 4 fully saturated rings. The quantitative estimate of drug-likeness (QED) is 0.137. The van der Waals surface area contributed by atoms with Crippen LogP contribution >= 0.6 is 23.2 Å². The van der Waals surface area contributed by atoms with Crippen LogP contribution in [-0.4, -0.2) is 22.2 Å². The molecule has 0 bridgehead atoms. The highest BCUT2D eigenvalue weighted by atomic mass is 127. The molecule has 266 valence electrons. The van der Waals surface area contributed by atoms with E-state index in [2.05, 4.69) is 57.7 Å². The summed E-state index contributed by atoms with van der Waals surface area (Å²) in [6, 6.07) is 26.3. The summed E-state index contributed by atoms with van der Waals surface area (Å²) < 4.78 is 12.2. The smallest absolute Gasteiger partial charge is 0.127 e. The van der Waals surface area contributed by atoms with Gasteiger partial charge in [0, 0.05) is 63.6 Å². The first-order chi connectivity index (χ1) is 23.9. The summed E-state index contributed by atoms with van der Waals surface area (Å²) in [6.45, 7) is 0.661. The number of nitrogens with two attached hydrogens (primary N) is 1. The first-order valence-corrected chi connectivity index (χ1v) is 18.1. The van der Waals surface area contributed by atoms with Crippen LogP contribution in [0.2, 0.25) is 10.0 Å². The van der Waals surface area contributed by atoms with E-state index in [4.69, 9.17) is 38.4 Å². The van der Waals surface area contributed by atoms with Crippen LogP contribution in [0.5, 0.6) is 11.5 Å². The van der Waals surface area contributed by atoms with Gasteiger partial charge in [0.05, 0.1) is 12.2 Å². The highest BCUT2D eigenvalue weighted by Gasteiger charge is 2.46. The van der Waals surface area contributed by atoms with E-state index in [-0.39, 0.29) is 42.5 Å². The average molecular weight is 835 g/mol. The highest BCUT2D eigenvalue weighted by Crippen LogP contribution is 2.51. The van der Waals surface area contributed by atoms with Crippen LogP contribution in [0.25, 0.3) is 22.3 Å². The fourth-order valence-corrected chi connectivity index (χ4v) is 6.74. The van der Waals surface area contributed by atoms with Gasteiger partial charge in [-0.05, 0) is 122 Å². The number of para-hydroxylation sites is 2. The van der Waals surface area contributed by atoms with Gasteiger partial charge >= 0.3 is 0 Å². The van der Waals surface area contributed by atoms with Crippen LogP contribution in [-0.2, 0) is 17.6 Å². The van der Waals surface area contributed by atoms with Gasteiger partial charge < -0.3 is 44.5 Å². The first-order valence-electron chi connectivity index (χ1n) is 17.3. The lowest BCUT2D eigenvalue weighted by atomic mass is 9.94. The number of hydrogen-bond acceptors (Lipinski definition) is 6. The summed E-state index contributed by atoms with van der Waals surface area (Å²) in [7, 11) is 0. The van der Waals surface area contributed by atoms with E-state index in [1.807, 2.05) is 61.2 Å². The van der Waals surface area contributed by atoms with Crippen LogP contribution < -0.4 is 44.5 Å². The minimum atomic E-state index is -0.184. The predicted octanol–water partition coefficient (Wildman–Crippen LogP) is 7.25. The van der Waals surface area contributed by atoms with Crippen LogP contribution in [0.3, 0.4) is 0 Å². The minimum Gasteiger partial charge on any atom is -1.00 e. The maximum absolute atomic E-state index is 6.39. The fraction of sp³-hybridized carbons (Fsp3) is 0.333. The summed E-state index contributed by atoms with van der Waals surface area (Å²) >= 11 is 12.5. The van der Waals surface area contributed by atoms with Crippen molar-refractivity contribution in [2.24, 2.45) is 5.73 Å². The normalized spacial score (nSPS) is 17.5. The Morgan fingerprint density at radius 2 is 1.22 bits per heavy atom. The number of hydrogen-bond donors (Lipinski definition) is 2. The molecule has 5 aromatic rings. The molecule has 0 atom stereocenters. The van der Waals surface area contributed by atoms with E-state index >= 15 is 0 Å². The van der Waals surface area contributed by atoms with Crippen molar-refractivity contribution in [2.45, 2.75) is 88.6 Å². The number of nitrogens with one attached hydrogen (secondary N) is 1. The minimum absolute atomic E-state index is 0. The molecule has 2 heterocycles. The van der Waals surface area contributed by atoms with Crippen molar-refractivity contribution < 1.29 is 33.5 Å². The molecule has 0 amide bonds. The van der Waals surface area contributed by atoms with Gasteiger partial charge in [0.1, 0.15) is 11.5 Å². The molecule has 4 aliphatic rings. The second-order valence-corrected chi connectivity index (χ2v) is 14.6. The second kappa shape index (κ2) is 15.8. The number of aromatic nitrogens is 2. The van der Waals surface area contributed by atoms with Crippen molar-refractivity contribution in [1.82, 2.24) is 15.3 Å². The molecular formula is C42H44Cl2IN4O2-. The van der Waals surface area contributed by atoms with Gasteiger partial charge in [-0.15, -0.1) is 0 Å². The molecule has 0 radical (unpaired) electrons. The Labute approximate surface area is 328 Å². The maximum Gasteiger partial charge on any atom is 0.127 e. The molecule has 9 heteroatoms. The van der Waals surface area contributed by atoms with E-state index in [9.17, 15) is 0 Å². The Bertz CT molecular complexity index is 1970. The van der Waals surface area contributed by atoms with E-state index in [0.29, 0.717) is 23.8 Å². The summed E-state index contributed by atoms with van der Waals surface area (Å²) in [5, 5.41) is 5.16. The van der Waals surface area contributed by atoms with Crippen molar-refractivity contribution >= 4 is 23.2 Å². The van der Waals surface area contributed by atoms with Gasteiger partial charge in [-0.2, -0.15) is 0 Å². The van der Waals surface area contributed by atoms with Crippen LogP contribution in [0.15, 0.2) is 104 Å². The zero-order valence-corrected chi connectivity index (χ0v) is 31.4. The van der Waals surface area contributed by atoms with Crippen molar-refractivity contribution in [2.75, 3.05) is 0 Å². The van der Waals surface area contributed by atoms with Gasteiger partial charge in [0.2, 0.25) is 0 Å². The Morgan fingerprint density at radius 3 is 1.75 bits per heavy atom.